The largest absolute Gasteiger partial charge is 0.226 e. The van der Waals surface area contributed by atoms with E-state index >= 15 is 0 Å². The van der Waals surface area contributed by atoms with Gasteiger partial charge in [-0.05, 0) is 17.0 Å². The third kappa shape index (κ3) is 3.81. The number of hydrogen-bond donors (Lipinski definition) is 0. The van der Waals surface area contributed by atoms with Crippen molar-refractivity contribution in [3.05, 3.63) is 35.4 Å². The van der Waals surface area contributed by atoms with Crippen LogP contribution in [0.15, 0.2) is 24.3 Å². The highest BCUT2D eigenvalue weighted by atomic mass is 35.6. The average Bonchev–Trinajstić information content (AvgIpc) is 2.36. The molecule has 0 spiro atoms. The summed E-state index contributed by atoms with van der Waals surface area (Å²) in [6.45, 7) is 3.91. The molecule has 0 aliphatic rings. The highest BCUT2D eigenvalue weighted by Gasteiger charge is 2.68. The third-order valence-electron chi connectivity index (χ3n) is 3.07. The second-order valence-electron chi connectivity index (χ2n) is 4.96. The molecule has 0 N–H and O–H groups in total. The smallest absolute Gasteiger partial charge is 0.0943 e. The molecule has 0 saturated heterocycles. The van der Waals surface area contributed by atoms with Crippen molar-refractivity contribution in [1.82, 2.24) is 0 Å². The maximum atomic E-state index is 6.45. The van der Waals surface area contributed by atoms with E-state index in [2.05, 4.69) is 0 Å². The van der Waals surface area contributed by atoms with Crippen molar-refractivity contribution in [2.75, 3.05) is 0 Å². The quantitative estimate of drug-likeness (QED) is 0.377. The minimum Gasteiger partial charge on any atom is -0.0943 e. The van der Waals surface area contributed by atoms with Crippen LogP contribution < -0.4 is 0 Å². The lowest BCUT2D eigenvalue weighted by Gasteiger charge is -2.44. The number of alkyl halides is 9. The first-order valence-electron chi connectivity index (χ1n) is 5.97. The molecule has 0 radical (unpaired) electrons. The molecule has 1 rings (SSSR count). The van der Waals surface area contributed by atoms with Crippen LogP contribution in [0.2, 0.25) is 0 Å². The Bertz CT molecular complexity index is 529. The van der Waals surface area contributed by atoms with E-state index in [1.54, 1.807) is 12.1 Å². The summed E-state index contributed by atoms with van der Waals surface area (Å²) in [6.07, 6.45) is 0. The Hall–Kier alpha value is 1.83. The third-order valence-corrected chi connectivity index (χ3v) is 8.51. The highest BCUT2D eigenvalue weighted by molar-refractivity contribution is 6.80. The summed E-state index contributed by atoms with van der Waals surface area (Å²) in [7, 11) is 0. The average molecular weight is 486 g/mol. The second-order valence-corrected chi connectivity index (χ2v) is 11.2. The molecule has 22 heavy (non-hydrogen) atoms. The Morgan fingerprint density at radius 2 is 1.18 bits per heavy atom. The lowest BCUT2D eigenvalue weighted by atomic mass is 9.93. The van der Waals surface area contributed by atoms with Crippen LogP contribution in [0.5, 0.6) is 0 Å². The molecule has 0 nitrogen and oxygen atoms in total. The molecule has 0 aliphatic heterocycles. The van der Waals surface area contributed by atoms with Crippen molar-refractivity contribution in [2.45, 2.75) is 36.6 Å². The van der Waals surface area contributed by atoms with E-state index in [0.29, 0.717) is 5.56 Å². The standard InChI is InChI=1S/C13H11Cl9/c1-7(2)8-5-3-4-6-9(8)10(14,15)11(16,17)12(18,19)13(20,21)22/h3-7H,1-2H3. The number of benzene rings is 1. The first-order chi connectivity index (χ1) is 9.68. The predicted molar refractivity (Wildman–Crippen MR) is 103 cm³/mol. The highest BCUT2D eigenvalue weighted by Crippen LogP contribution is 2.65. The van der Waals surface area contributed by atoms with Crippen molar-refractivity contribution < 1.29 is 0 Å². The molecule has 0 fully saturated rings. The molecule has 126 valence electrons. The van der Waals surface area contributed by atoms with Crippen LogP contribution >= 0.6 is 104 Å². The molecule has 0 bridgehead atoms. The fourth-order valence-electron chi connectivity index (χ4n) is 1.83. The molecule has 1 aromatic rings. The van der Waals surface area contributed by atoms with Crippen LogP contribution in [-0.4, -0.2) is 12.5 Å². The van der Waals surface area contributed by atoms with E-state index in [-0.39, 0.29) is 5.92 Å². The zero-order chi connectivity index (χ0) is 17.6. The van der Waals surface area contributed by atoms with Gasteiger partial charge in [0.05, 0.1) is 0 Å². The summed E-state index contributed by atoms with van der Waals surface area (Å²) in [5, 5.41) is 0. The summed E-state index contributed by atoms with van der Waals surface area (Å²) < 4.78 is -8.70. The molecular weight excluding hydrogens is 475 g/mol. The zero-order valence-electron chi connectivity index (χ0n) is 11.3. The van der Waals surface area contributed by atoms with Gasteiger partial charge in [0.1, 0.15) is 0 Å². The minimum atomic E-state index is -2.29. The summed E-state index contributed by atoms with van der Waals surface area (Å²) in [6, 6.07) is 7.06. The zero-order valence-corrected chi connectivity index (χ0v) is 18.1. The van der Waals surface area contributed by atoms with Gasteiger partial charge in [0.2, 0.25) is 8.13 Å². The summed E-state index contributed by atoms with van der Waals surface area (Å²) >= 11 is 55.1. The first kappa shape index (κ1) is 21.9. The Morgan fingerprint density at radius 3 is 1.59 bits per heavy atom. The van der Waals surface area contributed by atoms with Gasteiger partial charge < -0.3 is 0 Å². The second kappa shape index (κ2) is 7.22. The SMILES string of the molecule is CC(C)c1ccccc1C(Cl)(Cl)C(Cl)(Cl)C(Cl)(Cl)C(Cl)(Cl)Cl. The lowest BCUT2D eigenvalue weighted by Crippen LogP contribution is -2.55. The number of rotatable bonds is 4. The first-order valence-corrected chi connectivity index (χ1v) is 9.37. The normalized spacial score (nSPS) is 14.5. The van der Waals surface area contributed by atoms with Gasteiger partial charge in [-0.15, -0.1) is 0 Å². The van der Waals surface area contributed by atoms with Crippen LogP contribution in [0.1, 0.15) is 30.9 Å². The van der Waals surface area contributed by atoms with E-state index in [0.717, 1.165) is 5.56 Å². The topological polar surface area (TPSA) is 0 Å². The molecule has 0 unspecified atom stereocenters. The van der Waals surface area contributed by atoms with Gasteiger partial charge >= 0.3 is 0 Å². The van der Waals surface area contributed by atoms with Crippen molar-refractivity contribution >= 4 is 104 Å². The van der Waals surface area contributed by atoms with Crippen LogP contribution in [-0.2, 0) is 4.33 Å². The van der Waals surface area contributed by atoms with Gasteiger partial charge in [-0.3, -0.25) is 0 Å². The molecule has 0 saturated carbocycles. The van der Waals surface area contributed by atoms with Crippen LogP contribution in [0.25, 0.3) is 0 Å². The lowest BCUT2D eigenvalue weighted by molar-refractivity contribution is 0.593. The minimum absolute atomic E-state index is 0.0880. The number of halogens is 9. The van der Waals surface area contributed by atoms with Gasteiger partial charge in [-0.1, -0.05) is 143 Å². The fraction of sp³-hybridized carbons (Fsp3) is 0.538. The Kier molecular flexibility index (Phi) is 7.17. The monoisotopic (exact) mass is 482 g/mol. The van der Waals surface area contributed by atoms with Gasteiger partial charge in [0, 0.05) is 0 Å². The van der Waals surface area contributed by atoms with Crippen molar-refractivity contribution in [1.29, 1.82) is 0 Å². The molecule has 0 aliphatic carbocycles. The van der Waals surface area contributed by atoms with Crippen molar-refractivity contribution in [3.8, 4) is 0 Å². The van der Waals surface area contributed by atoms with Crippen LogP contribution in [0, 0.1) is 0 Å². The molecule has 9 heteroatoms. The van der Waals surface area contributed by atoms with E-state index in [9.17, 15) is 0 Å². The van der Waals surface area contributed by atoms with Crippen LogP contribution in [0.4, 0.5) is 0 Å². The predicted octanol–water partition coefficient (Wildman–Crippen LogP) is 8.16. The van der Waals surface area contributed by atoms with Crippen molar-refractivity contribution in [3.63, 3.8) is 0 Å². The van der Waals surface area contributed by atoms with Gasteiger partial charge in [-0.25, -0.2) is 0 Å². The molecule has 0 amide bonds. The Morgan fingerprint density at radius 1 is 0.727 bits per heavy atom. The Balaban J connectivity index is 3.53. The molecule has 0 aromatic heterocycles. The maximum absolute atomic E-state index is 6.45. The molecular formula is C13H11Cl9. The van der Waals surface area contributed by atoms with Crippen LogP contribution in [0.3, 0.4) is 0 Å². The van der Waals surface area contributed by atoms with Gasteiger partial charge in [-0.2, -0.15) is 0 Å². The summed E-state index contributed by atoms with van der Waals surface area (Å²) in [4.78, 5) is 0. The van der Waals surface area contributed by atoms with E-state index in [1.807, 2.05) is 26.0 Å². The maximum Gasteiger partial charge on any atom is 0.226 e. The van der Waals surface area contributed by atoms with Gasteiger partial charge in [0.25, 0.3) is 0 Å². The van der Waals surface area contributed by atoms with E-state index in [1.165, 1.54) is 0 Å². The summed E-state index contributed by atoms with van der Waals surface area (Å²) in [5.74, 6) is 0.0880. The fourth-order valence-corrected chi connectivity index (χ4v) is 4.14. The van der Waals surface area contributed by atoms with Crippen molar-refractivity contribution in [2.24, 2.45) is 0 Å². The van der Waals surface area contributed by atoms with E-state index in [4.69, 9.17) is 104 Å². The Labute approximate surface area is 175 Å². The number of hydrogen-bond acceptors (Lipinski definition) is 0. The molecule has 0 atom stereocenters. The van der Waals surface area contributed by atoms with E-state index < -0.39 is 16.8 Å². The summed E-state index contributed by atoms with van der Waals surface area (Å²) in [5.41, 5.74) is 1.24. The molecule has 1 aromatic carbocycles. The molecule has 0 heterocycles. The van der Waals surface area contributed by atoms with Gasteiger partial charge in [0.15, 0.2) is 8.67 Å².